The molecule has 0 heterocycles. The Morgan fingerprint density at radius 3 is 2.74 bits per heavy atom. The number of halogens is 1. The third-order valence-corrected chi connectivity index (χ3v) is 3.08. The van der Waals surface area contributed by atoms with Crippen molar-refractivity contribution >= 4 is 11.7 Å². The number of nitrogens with one attached hydrogen (secondary N) is 1. The number of esters is 1. The molecule has 4 nitrogen and oxygen atoms in total. The SMILES string of the molecule is CCOC(=O)C(C)(CN(C)c1cccc(F)c1)NC. The number of carbonyl (C=O) groups is 1. The van der Waals surface area contributed by atoms with E-state index >= 15 is 0 Å². The molecule has 0 radical (unpaired) electrons. The molecule has 0 spiro atoms. The zero-order valence-electron chi connectivity index (χ0n) is 11.9. The summed E-state index contributed by atoms with van der Waals surface area (Å²) in [6.45, 7) is 4.25. The number of ether oxygens (including phenoxy) is 1. The number of hydrogen-bond donors (Lipinski definition) is 1. The van der Waals surface area contributed by atoms with E-state index in [4.69, 9.17) is 4.74 Å². The van der Waals surface area contributed by atoms with Gasteiger partial charge in [0.05, 0.1) is 6.61 Å². The van der Waals surface area contributed by atoms with Crippen molar-refractivity contribution in [3.05, 3.63) is 30.1 Å². The molecule has 19 heavy (non-hydrogen) atoms. The summed E-state index contributed by atoms with van der Waals surface area (Å²) in [6, 6.07) is 6.26. The van der Waals surface area contributed by atoms with Gasteiger partial charge in [-0.1, -0.05) is 6.07 Å². The molecule has 5 heteroatoms. The maximum Gasteiger partial charge on any atom is 0.327 e. The molecule has 0 saturated heterocycles. The number of rotatable bonds is 6. The minimum atomic E-state index is -0.836. The molecule has 1 unspecified atom stereocenters. The highest BCUT2D eigenvalue weighted by Gasteiger charge is 2.34. The predicted octanol–water partition coefficient (Wildman–Crippen LogP) is 1.80. The number of hydrogen-bond acceptors (Lipinski definition) is 4. The van der Waals surface area contributed by atoms with Gasteiger partial charge in [0.1, 0.15) is 11.4 Å². The fourth-order valence-corrected chi connectivity index (χ4v) is 1.82. The summed E-state index contributed by atoms with van der Waals surface area (Å²) in [5.74, 6) is -0.618. The van der Waals surface area contributed by atoms with Crippen molar-refractivity contribution < 1.29 is 13.9 Å². The fourth-order valence-electron chi connectivity index (χ4n) is 1.82. The Hall–Kier alpha value is -1.62. The summed E-state index contributed by atoms with van der Waals surface area (Å²) in [7, 11) is 3.51. The Balaban J connectivity index is 2.83. The number of likely N-dealkylation sites (N-methyl/N-ethyl adjacent to an activating group) is 2. The number of carbonyl (C=O) groups excluding carboxylic acids is 1. The van der Waals surface area contributed by atoms with Crippen LogP contribution >= 0.6 is 0 Å². The molecule has 1 aromatic carbocycles. The van der Waals surface area contributed by atoms with Gasteiger partial charge in [0.15, 0.2) is 0 Å². The highest BCUT2D eigenvalue weighted by Crippen LogP contribution is 2.17. The summed E-state index contributed by atoms with van der Waals surface area (Å²) in [5.41, 5.74) is -0.123. The summed E-state index contributed by atoms with van der Waals surface area (Å²) in [5, 5.41) is 2.97. The molecule has 0 aliphatic heterocycles. The van der Waals surface area contributed by atoms with E-state index in [-0.39, 0.29) is 11.8 Å². The molecule has 0 saturated carbocycles. The van der Waals surface area contributed by atoms with Crippen LogP contribution in [0.4, 0.5) is 10.1 Å². The van der Waals surface area contributed by atoms with Crippen LogP contribution < -0.4 is 10.2 Å². The van der Waals surface area contributed by atoms with Crippen LogP contribution in [0.15, 0.2) is 24.3 Å². The predicted molar refractivity (Wildman–Crippen MR) is 73.8 cm³/mol. The minimum absolute atomic E-state index is 0.299. The molecule has 0 aliphatic rings. The van der Waals surface area contributed by atoms with E-state index in [1.165, 1.54) is 12.1 Å². The normalized spacial score (nSPS) is 13.7. The Morgan fingerprint density at radius 1 is 1.53 bits per heavy atom. The van der Waals surface area contributed by atoms with E-state index in [9.17, 15) is 9.18 Å². The molecule has 0 aliphatic carbocycles. The van der Waals surface area contributed by atoms with E-state index in [0.29, 0.717) is 18.8 Å². The van der Waals surface area contributed by atoms with Gasteiger partial charge < -0.3 is 15.0 Å². The summed E-state index contributed by atoms with van der Waals surface area (Å²) < 4.78 is 18.2. The molecule has 0 aromatic heterocycles. The van der Waals surface area contributed by atoms with Crippen molar-refractivity contribution in [1.82, 2.24) is 5.32 Å². The zero-order valence-corrected chi connectivity index (χ0v) is 11.9. The van der Waals surface area contributed by atoms with Gasteiger partial charge in [-0.15, -0.1) is 0 Å². The molecule has 0 amide bonds. The summed E-state index contributed by atoms with van der Waals surface area (Å²) in [6.07, 6.45) is 0. The van der Waals surface area contributed by atoms with Crippen LogP contribution in [0.3, 0.4) is 0 Å². The van der Waals surface area contributed by atoms with Gasteiger partial charge in [-0.25, -0.2) is 9.18 Å². The van der Waals surface area contributed by atoms with Gasteiger partial charge in [-0.3, -0.25) is 0 Å². The Bertz CT molecular complexity index is 439. The van der Waals surface area contributed by atoms with Crippen molar-refractivity contribution in [2.24, 2.45) is 0 Å². The molecule has 106 valence electrons. The van der Waals surface area contributed by atoms with Crippen molar-refractivity contribution in [3.63, 3.8) is 0 Å². The molecule has 1 N–H and O–H groups in total. The van der Waals surface area contributed by atoms with Crippen molar-refractivity contribution in [2.75, 3.05) is 32.1 Å². The Morgan fingerprint density at radius 2 is 2.21 bits per heavy atom. The minimum Gasteiger partial charge on any atom is -0.465 e. The smallest absolute Gasteiger partial charge is 0.327 e. The average Bonchev–Trinajstić information content (AvgIpc) is 2.38. The van der Waals surface area contributed by atoms with E-state index in [2.05, 4.69) is 5.32 Å². The van der Waals surface area contributed by atoms with Crippen molar-refractivity contribution in [3.8, 4) is 0 Å². The lowest BCUT2D eigenvalue weighted by molar-refractivity contribution is -0.149. The average molecular weight is 268 g/mol. The Labute approximate surface area is 113 Å². The van der Waals surface area contributed by atoms with E-state index in [1.807, 2.05) is 11.9 Å². The second-order valence-electron chi connectivity index (χ2n) is 4.64. The molecule has 1 rings (SSSR count). The van der Waals surface area contributed by atoms with Crippen LogP contribution in [0.1, 0.15) is 13.8 Å². The first kappa shape index (κ1) is 15.4. The van der Waals surface area contributed by atoms with Gasteiger partial charge >= 0.3 is 5.97 Å². The van der Waals surface area contributed by atoms with Crippen LogP contribution in [0.5, 0.6) is 0 Å². The first-order valence-corrected chi connectivity index (χ1v) is 6.25. The highest BCUT2D eigenvalue weighted by atomic mass is 19.1. The largest absolute Gasteiger partial charge is 0.465 e. The molecule has 1 aromatic rings. The molecule has 1 atom stereocenters. The van der Waals surface area contributed by atoms with Crippen LogP contribution in [-0.2, 0) is 9.53 Å². The highest BCUT2D eigenvalue weighted by molar-refractivity contribution is 5.81. The second kappa shape index (κ2) is 6.52. The van der Waals surface area contributed by atoms with E-state index < -0.39 is 5.54 Å². The zero-order chi connectivity index (χ0) is 14.5. The standard InChI is InChI=1S/C14H21FN2O2/c1-5-19-13(18)14(2,16-3)10-17(4)12-8-6-7-11(15)9-12/h6-9,16H,5,10H2,1-4H3. The maximum absolute atomic E-state index is 13.2. The van der Waals surface area contributed by atoms with Crippen molar-refractivity contribution in [1.29, 1.82) is 0 Å². The van der Waals surface area contributed by atoms with E-state index in [0.717, 1.165) is 0 Å². The Kier molecular flexibility index (Phi) is 5.30. The van der Waals surface area contributed by atoms with Gasteiger partial charge in [0.25, 0.3) is 0 Å². The van der Waals surface area contributed by atoms with Crippen LogP contribution in [-0.4, -0.2) is 38.8 Å². The van der Waals surface area contributed by atoms with Crippen LogP contribution in [0, 0.1) is 5.82 Å². The molecular formula is C14H21FN2O2. The molecular weight excluding hydrogens is 247 g/mol. The second-order valence-corrected chi connectivity index (χ2v) is 4.64. The summed E-state index contributed by atoms with van der Waals surface area (Å²) in [4.78, 5) is 13.8. The van der Waals surface area contributed by atoms with Crippen molar-refractivity contribution in [2.45, 2.75) is 19.4 Å². The fraction of sp³-hybridized carbons (Fsp3) is 0.500. The first-order valence-electron chi connectivity index (χ1n) is 6.25. The van der Waals surface area contributed by atoms with Gasteiger partial charge in [0.2, 0.25) is 0 Å². The molecule has 0 bridgehead atoms. The van der Waals surface area contributed by atoms with Crippen LogP contribution in [0.25, 0.3) is 0 Å². The lowest BCUT2D eigenvalue weighted by atomic mass is 10.0. The van der Waals surface area contributed by atoms with Gasteiger partial charge in [-0.2, -0.15) is 0 Å². The quantitative estimate of drug-likeness (QED) is 0.799. The third kappa shape index (κ3) is 3.92. The lowest BCUT2D eigenvalue weighted by Gasteiger charge is -2.32. The monoisotopic (exact) mass is 268 g/mol. The number of nitrogens with zero attached hydrogens (tertiary/aromatic N) is 1. The third-order valence-electron chi connectivity index (χ3n) is 3.08. The lowest BCUT2D eigenvalue weighted by Crippen LogP contribution is -2.55. The molecule has 0 fully saturated rings. The van der Waals surface area contributed by atoms with Gasteiger partial charge in [-0.05, 0) is 39.1 Å². The van der Waals surface area contributed by atoms with Crippen LogP contribution in [0.2, 0.25) is 0 Å². The first-order chi connectivity index (χ1) is 8.92. The van der Waals surface area contributed by atoms with Gasteiger partial charge in [0, 0.05) is 19.3 Å². The number of benzene rings is 1. The number of anilines is 1. The maximum atomic E-state index is 13.2. The topological polar surface area (TPSA) is 41.6 Å². The summed E-state index contributed by atoms with van der Waals surface area (Å²) >= 11 is 0. The van der Waals surface area contributed by atoms with E-state index in [1.54, 1.807) is 33.0 Å².